The first-order valence-corrected chi connectivity index (χ1v) is 10.9. The minimum atomic E-state index is -0.324. The van der Waals surface area contributed by atoms with Crippen molar-refractivity contribution in [1.29, 1.82) is 0 Å². The number of nitrogens with one attached hydrogen (secondary N) is 1. The van der Waals surface area contributed by atoms with Crippen LogP contribution in [0.4, 0.5) is 0 Å². The van der Waals surface area contributed by atoms with Crippen LogP contribution >= 0.6 is 11.8 Å². The molecule has 3 rings (SSSR count). The Kier molecular flexibility index (Phi) is 7.41. The summed E-state index contributed by atoms with van der Waals surface area (Å²) in [5, 5.41) is 15.3. The summed E-state index contributed by atoms with van der Waals surface area (Å²) >= 11 is 1.35. The maximum atomic E-state index is 12.6. The quantitative estimate of drug-likeness (QED) is 0.532. The first kappa shape index (κ1) is 21.0. The number of benzene rings is 2. The molecule has 1 N–H and O–H groups in total. The van der Waals surface area contributed by atoms with Gasteiger partial charge in [0.2, 0.25) is 11.1 Å². The van der Waals surface area contributed by atoms with Crippen LogP contribution in [-0.2, 0) is 11.2 Å². The minimum Gasteiger partial charge on any atom is -0.349 e. The number of carbonyl (C=O) groups is 1. The number of aromatic nitrogens is 4. The molecule has 152 valence electrons. The van der Waals surface area contributed by atoms with Crippen molar-refractivity contribution >= 4 is 17.7 Å². The Morgan fingerprint density at radius 1 is 1.10 bits per heavy atom. The number of rotatable bonds is 9. The zero-order valence-electron chi connectivity index (χ0n) is 17.1. The Morgan fingerprint density at radius 3 is 2.52 bits per heavy atom. The molecule has 2 aromatic carbocycles. The van der Waals surface area contributed by atoms with E-state index in [2.05, 4.69) is 39.9 Å². The second-order valence-electron chi connectivity index (χ2n) is 7.04. The lowest BCUT2D eigenvalue weighted by molar-refractivity contribution is -0.120. The van der Waals surface area contributed by atoms with E-state index in [0.717, 1.165) is 17.7 Å². The lowest BCUT2D eigenvalue weighted by Crippen LogP contribution is -2.33. The molecule has 3 aromatic rings. The largest absolute Gasteiger partial charge is 0.349 e. The zero-order chi connectivity index (χ0) is 20.6. The zero-order valence-corrected chi connectivity index (χ0v) is 17.9. The summed E-state index contributed by atoms with van der Waals surface area (Å²) in [5.41, 5.74) is 3.27. The second kappa shape index (κ2) is 10.2. The van der Waals surface area contributed by atoms with Crippen molar-refractivity contribution < 1.29 is 4.79 Å². The Morgan fingerprint density at radius 2 is 1.83 bits per heavy atom. The van der Waals surface area contributed by atoms with E-state index in [1.807, 2.05) is 56.3 Å². The second-order valence-corrected chi connectivity index (χ2v) is 8.35. The Hall–Kier alpha value is -2.67. The number of carbonyl (C=O) groups excluding carboxylic acids is 1. The van der Waals surface area contributed by atoms with Crippen molar-refractivity contribution in [1.82, 2.24) is 25.5 Å². The average molecular weight is 410 g/mol. The molecule has 29 heavy (non-hydrogen) atoms. The molecule has 0 spiro atoms. The predicted octanol–water partition coefficient (Wildman–Crippen LogP) is 4.36. The summed E-state index contributed by atoms with van der Waals surface area (Å²) in [7, 11) is 0. The molecule has 6 nitrogen and oxygen atoms in total. The lowest BCUT2D eigenvalue weighted by Gasteiger charge is -2.17. The van der Waals surface area contributed by atoms with Gasteiger partial charge in [-0.1, -0.05) is 67.6 Å². The van der Waals surface area contributed by atoms with Crippen molar-refractivity contribution in [3.05, 3.63) is 65.7 Å². The van der Waals surface area contributed by atoms with E-state index in [1.165, 1.54) is 30.2 Å². The fourth-order valence-corrected chi connectivity index (χ4v) is 3.78. The monoisotopic (exact) mass is 409 g/mol. The van der Waals surface area contributed by atoms with Crippen LogP contribution in [0.2, 0.25) is 0 Å². The highest BCUT2D eigenvalue weighted by Crippen LogP contribution is 2.24. The number of tetrazole rings is 1. The average Bonchev–Trinajstić information content (AvgIpc) is 3.21. The first-order valence-electron chi connectivity index (χ1n) is 9.98. The molecular weight excluding hydrogens is 382 g/mol. The van der Waals surface area contributed by atoms with E-state index >= 15 is 0 Å². The molecule has 0 bridgehead atoms. The lowest BCUT2D eigenvalue weighted by atomic mass is 10.1. The highest BCUT2D eigenvalue weighted by molar-refractivity contribution is 8.00. The van der Waals surface area contributed by atoms with Crippen LogP contribution in [0.15, 0.2) is 59.8 Å². The van der Waals surface area contributed by atoms with Gasteiger partial charge in [-0.2, -0.15) is 4.68 Å². The van der Waals surface area contributed by atoms with E-state index in [1.54, 1.807) is 4.68 Å². The summed E-state index contributed by atoms with van der Waals surface area (Å²) in [4.78, 5) is 12.6. The maximum absolute atomic E-state index is 12.6. The molecular formula is C22H27N5OS. The van der Waals surface area contributed by atoms with Crippen molar-refractivity contribution in [2.45, 2.75) is 56.5 Å². The molecule has 7 heteroatoms. The minimum absolute atomic E-state index is 0.0455. The van der Waals surface area contributed by atoms with Crippen molar-refractivity contribution in [2.75, 3.05) is 0 Å². The fraction of sp³-hybridized carbons (Fsp3) is 0.364. The highest BCUT2D eigenvalue weighted by Gasteiger charge is 2.21. The van der Waals surface area contributed by atoms with Crippen LogP contribution in [0.25, 0.3) is 5.69 Å². The third-order valence-corrected chi connectivity index (χ3v) is 5.78. The van der Waals surface area contributed by atoms with E-state index in [9.17, 15) is 4.79 Å². The van der Waals surface area contributed by atoms with Gasteiger partial charge in [0.05, 0.1) is 17.0 Å². The van der Waals surface area contributed by atoms with E-state index < -0.39 is 0 Å². The molecule has 1 aromatic heterocycles. The van der Waals surface area contributed by atoms with E-state index in [0.29, 0.717) is 5.16 Å². The standard InChI is InChI=1S/C22H27N5OS/c1-4-5-9-18-12-14-20(15-13-18)27-22(24-25-26-27)29-17(3)21(28)23-16(2)19-10-7-6-8-11-19/h6-8,10-17H,4-5,9H2,1-3H3,(H,23,28). The SMILES string of the molecule is CCCCc1ccc(-n2nnnc2SC(C)C(=O)NC(C)c2ccccc2)cc1. The molecule has 0 saturated heterocycles. The van der Waals surface area contributed by atoms with Crippen molar-refractivity contribution in [3.63, 3.8) is 0 Å². The smallest absolute Gasteiger partial charge is 0.233 e. The molecule has 0 radical (unpaired) electrons. The van der Waals surface area contributed by atoms with Crippen LogP contribution in [0, 0.1) is 0 Å². The van der Waals surface area contributed by atoms with E-state index in [4.69, 9.17) is 0 Å². The Labute approximate surface area is 176 Å². The maximum Gasteiger partial charge on any atom is 0.233 e. The van der Waals surface area contributed by atoms with Crippen LogP contribution in [-0.4, -0.2) is 31.4 Å². The van der Waals surface area contributed by atoms with Crippen molar-refractivity contribution in [3.8, 4) is 5.69 Å². The number of hydrogen-bond acceptors (Lipinski definition) is 5. The third-order valence-electron chi connectivity index (χ3n) is 4.75. The molecule has 0 aliphatic heterocycles. The highest BCUT2D eigenvalue weighted by atomic mass is 32.2. The van der Waals surface area contributed by atoms with Gasteiger partial charge in [-0.05, 0) is 60.4 Å². The predicted molar refractivity (Wildman–Crippen MR) is 116 cm³/mol. The van der Waals surface area contributed by atoms with Gasteiger partial charge in [0.15, 0.2) is 0 Å². The number of aryl methyl sites for hydroxylation is 1. The molecule has 0 saturated carbocycles. The molecule has 1 heterocycles. The van der Waals surface area contributed by atoms with Crippen LogP contribution in [0.3, 0.4) is 0 Å². The Bertz CT molecular complexity index is 910. The van der Waals surface area contributed by atoms with Gasteiger partial charge in [0.1, 0.15) is 0 Å². The molecule has 2 atom stereocenters. The summed E-state index contributed by atoms with van der Waals surface area (Å²) in [6.45, 7) is 6.04. The number of hydrogen-bond donors (Lipinski definition) is 1. The van der Waals surface area contributed by atoms with Gasteiger partial charge in [-0.15, -0.1) is 5.10 Å². The number of unbranched alkanes of at least 4 members (excludes halogenated alkanes) is 1. The van der Waals surface area contributed by atoms with E-state index in [-0.39, 0.29) is 17.2 Å². The van der Waals surface area contributed by atoms with Gasteiger partial charge in [0, 0.05) is 0 Å². The van der Waals surface area contributed by atoms with Crippen LogP contribution < -0.4 is 5.32 Å². The number of thioether (sulfide) groups is 1. The number of amides is 1. The first-order chi connectivity index (χ1) is 14.1. The van der Waals surface area contributed by atoms with Crippen LogP contribution in [0.5, 0.6) is 0 Å². The van der Waals surface area contributed by atoms with Gasteiger partial charge >= 0.3 is 0 Å². The fourth-order valence-electron chi connectivity index (χ4n) is 2.97. The summed E-state index contributed by atoms with van der Waals surface area (Å²) in [6.07, 6.45) is 3.43. The van der Waals surface area contributed by atoms with Gasteiger partial charge < -0.3 is 5.32 Å². The number of nitrogens with zero attached hydrogens (tertiary/aromatic N) is 4. The van der Waals surface area contributed by atoms with Crippen molar-refractivity contribution in [2.24, 2.45) is 0 Å². The van der Waals surface area contributed by atoms with Gasteiger partial charge in [-0.3, -0.25) is 4.79 Å². The van der Waals surface area contributed by atoms with Gasteiger partial charge in [0.25, 0.3) is 0 Å². The molecule has 0 aliphatic carbocycles. The molecule has 0 aliphatic rings. The van der Waals surface area contributed by atoms with Crippen LogP contribution in [0.1, 0.15) is 50.8 Å². The summed E-state index contributed by atoms with van der Waals surface area (Å²) < 4.78 is 1.68. The molecule has 0 fully saturated rings. The summed E-state index contributed by atoms with van der Waals surface area (Å²) in [6, 6.07) is 18.1. The molecule has 1 amide bonds. The third kappa shape index (κ3) is 5.67. The normalized spacial score (nSPS) is 13.1. The topological polar surface area (TPSA) is 72.7 Å². The summed E-state index contributed by atoms with van der Waals surface area (Å²) in [5.74, 6) is -0.0455. The Balaban J connectivity index is 1.63. The van der Waals surface area contributed by atoms with Gasteiger partial charge in [-0.25, -0.2) is 0 Å². The molecule has 2 unspecified atom stereocenters.